The van der Waals surface area contributed by atoms with Crippen LogP contribution in [0.4, 0.5) is 13.2 Å². The molecular weight excluding hydrogens is 331 g/mol. The Bertz CT molecular complexity index is 805. The van der Waals surface area contributed by atoms with Crippen LogP contribution in [0.1, 0.15) is 12.5 Å². The second-order valence-corrected chi connectivity index (χ2v) is 6.92. The molecule has 23 heavy (non-hydrogen) atoms. The average Bonchev–Trinajstić information content (AvgIpc) is 2.45. The molecule has 124 valence electrons. The van der Waals surface area contributed by atoms with E-state index in [0.29, 0.717) is 6.07 Å². The van der Waals surface area contributed by atoms with Crippen LogP contribution >= 0.6 is 0 Å². The van der Waals surface area contributed by atoms with Gasteiger partial charge in [-0.05, 0) is 36.8 Å². The van der Waals surface area contributed by atoms with Crippen molar-refractivity contribution in [2.45, 2.75) is 17.4 Å². The van der Waals surface area contributed by atoms with Crippen LogP contribution in [0.2, 0.25) is 0 Å². The minimum atomic E-state index is -4.28. The third-order valence-electron chi connectivity index (χ3n) is 3.26. The molecule has 1 atom stereocenters. The first-order valence-electron chi connectivity index (χ1n) is 6.55. The lowest BCUT2D eigenvalue weighted by Gasteiger charge is -2.24. The highest BCUT2D eigenvalue weighted by molar-refractivity contribution is 7.89. The fourth-order valence-electron chi connectivity index (χ4n) is 1.92. The van der Waals surface area contributed by atoms with E-state index in [1.807, 2.05) is 0 Å². The largest absolute Gasteiger partial charge is 0.384 e. The number of sulfonamides is 1. The third-order valence-corrected chi connectivity index (χ3v) is 4.69. The number of aliphatic hydroxyl groups is 1. The molecule has 2 N–H and O–H groups in total. The summed E-state index contributed by atoms with van der Waals surface area (Å²) in [6.45, 7) is 0.849. The van der Waals surface area contributed by atoms with Gasteiger partial charge in [-0.25, -0.2) is 26.3 Å². The van der Waals surface area contributed by atoms with E-state index < -0.39 is 44.5 Å². The molecule has 0 heterocycles. The Kier molecular flexibility index (Phi) is 4.79. The van der Waals surface area contributed by atoms with Gasteiger partial charge >= 0.3 is 0 Å². The molecule has 0 aliphatic heterocycles. The van der Waals surface area contributed by atoms with Gasteiger partial charge in [0.2, 0.25) is 10.0 Å². The summed E-state index contributed by atoms with van der Waals surface area (Å²) in [5.74, 6) is -2.64. The highest BCUT2D eigenvalue weighted by atomic mass is 32.2. The lowest BCUT2D eigenvalue weighted by molar-refractivity contribution is 0.0626. The maximum atomic E-state index is 13.6. The van der Waals surface area contributed by atoms with Crippen molar-refractivity contribution in [1.82, 2.24) is 4.72 Å². The SMILES string of the molecule is CC(O)(CNS(=O)(=O)c1ccc(F)cc1F)c1ccc(F)cc1. The molecular formula is C15H14F3NO3S. The summed E-state index contributed by atoms with van der Waals surface area (Å²) in [5, 5.41) is 10.3. The molecule has 0 fully saturated rings. The standard InChI is InChI=1S/C15H14F3NO3S/c1-15(20,10-2-4-11(16)5-3-10)9-19-23(21,22)14-7-6-12(17)8-13(14)18/h2-8,19-20H,9H2,1H3. The van der Waals surface area contributed by atoms with E-state index in [1.54, 1.807) is 0 Å². The molecule has 8 heteroatoms. The van der Waals surface area contributed by atoms with Crippen molar-refractivity contribution in [1.29, 1.82) is 0 Å². The van der Waals surface area contributed by atoms with E-state index in [-0.39, 0.29) is 5.56 Å². The Morgan fingerprint density at radius 2 is 1.61 bits per heavy atom. The number of halogens is 3. The van der Waals surface area contributed by atoms with Gasteiger partial charge in [-0.3, -0.25) is 0 Å². The zero-order chi connectivity index (χ0) is 17.3. The predicted octanol–water partition coefficient (Wildman–Crippen LogP) is 2.29. The molecule has 0 aromatic heterocycles. The number of hydrogen-bond acceptors (Lipinski definition) is 3. The highest BCUT2D eigenvalue weighted by Crippen LogP contribution is 2.22. The zero-order valence-corrected chi connectivity index (χ0v) is 12.9. The molecule has 0 radical (unpaired) electrons. The fraction of sp³-hybridized carbons (Fsp3) is 0.200. The van der Waals surface area contributed by atoms with E-state index in [0.717, 1.165) is 24.3 Å². The average molecular weight is 345 g/mol. The molecule has 2 aromatic carbocycles. The number of hydrogen-bond donors (Lipinski definition) is 2. The first-order valence-corrected chi connectivity index (χ1v) is 8.03. The molecule has 1 unspecified atom stereocenters. The van der Waals surface area contributed by atoms with Crippen LogP contribution in [0.5, 0.6) is 0 Å². The summed E-state index contributed by atoms with van der Waals surface area (Å²) in [6, 6.07) is 6.92. The molecule has 0 bridgehead atoms. The van der Waals surface area contributed by atoms with Gasteiger partial charge in [0.25, 0.3) is 0 Å². The van der Waals surface area contributed by atoms with Crippen molar-refractivity contribution >= 4 is 10.0 Å². The summed E-state index contributed by atoms with van der Waals surface area (Å²) < 4.78 is 65.5. The molecule has 2 aromatic rings. The van der Waals surface area contributed by atoms with Gasteiger partial charge in [0.1, 0.15) is 27.9 Å². The van der Waals surface area contributed by atoms with Gasteiger partial charge in [0.15, 0.2) is 0 Å². The Morgan fingerprint density at radius 1 is 1.04 bits per heavy atom. The predicted molar refractivity (Wildman–Crippen MR) is 77.5 cm³/mol. The van der Waals surface area contributed by atoms with Gasteiger partial charge in [-0.15, -0.1) is 0 Å². The lowest BCUT2D eigenvalue weighted by Crippen LogP contribution is -2.38. The van der Waals surface area contributed by atoms with Crippen LogP contribution in [0.15, 0.2) is 47.4 Å². The van der Waals surface area contributed by atoms with E-state index in [1.165, 1.54) is 19.1 Å². The number of rotatable bonds is 5. The number of benzene rings is 2. The minimum Gasteiger partial charge on any atom is -0.384 e. The highest BCUT2D eigenvalue weighted by Gasteiger charge is 2.27. The maximum Gasteiger partial charge on any atom is 0.243 e. The molecule has 2 rings (SSSR count). The monoisotopic (exact) mass is 345 g/mol. The van der Waals surface area contributed by atoms with Crippen molar-refractivity contribution in [2.24, 2.45) is 0 Å². The van der Waals surface area contributed by atoms with Crippen molar-refractivity contribution in [3.8, 4) is 0 Å². The summed E-state index contributed by atoms with van der Waals surface area (Å²) in [6.07, 6.45) is 0. The normalized spacial score (nSPS) is 14.5. The van der Waals surface area contributed by atoms with E-state index in [4.69, 9.17) is 0 Å². The maximum absolute atomic E-state index is 13.6. The Morgan fingerprint density at radius 3 is 2.17 bits per heavy atom. The number of nitrogens with one attached hydrogen (secondary N) is 1. The minimum absolute atomic E-state index is 0.279. The topological polar surface area (TPSA) is 66.4 Å². The quantitative estimate of drug-likeness (QED) is 0.874. The molecule has 0 saturated heterocycles. The molecule has 0 aliphatic rings. The van der Waals surface area contributed by atoms with E-state index in [9.17, 15) is 26.7 Å². The molecule has 0 spiro atoms. The van der Waals surface area contributed by atoms with Gasteiger partial charge in [0.05, 0.1) is 0 Å². The Hall–Kier alpha value is -1.90. The van der Waals surface area contributed by atoms with Gasteiger partial charge < -0.3 is 5.11 Å². The third kappa shape index (κ3) is 4.10. The van der Waals surface area contributed by atoms with Crippen LogP contribution in [0, 0.1) is 17.5 Å². The van der Waals surface area contributed by atoms with E-state index >= 15 is 0 Å². The van der Waals surface area contributed by atoms with Crippen LogP contribution in [0.3, 0.4) is 0 Å². The summed E-state index contributed by atoms with van der Waals surface area (Å²) >= 11 is 0. The van der Waals surface area contributed by atoms with Crippen LogP contribution in [-0.2, 0) is 15.6 Å². The zero-order valence-electron chi connectivity index (χ0n) is 12.1. The van der Waals surface area contributed by atoms with Crippen LogP contribution < -0.4 is 4.72 Å². The van der Waals surface area contributed by atoms with Crippen molar-refractivity contribution in [3.05, 3.63) is 65.5 Å². The van der Waals surface area contributed by atoms with Crippen LogP contribution in [-0.4, -0.2) is 20.1 Å². The van der Waals surface area contributed by atoms with Gasteiger partial charge in [-0.2, -0.15) is 0 Å². The van der Waals surface area contributed by atoms with Gasteiger partial charge in [-0.1, -0.05) is 12.1 Å². The van der Waals surface area contributed by atoms with Gasteiger partial charge in [0, 0.05) is 12.6 Å². The second kappa shape index (κ2) is 6.31. The van der Waals surface area contributed by atoms with Crippen LogP contribution in [0.25, 0.3) is 0 Å². The first-order chi connectivity index (χ1) is 10.6. The van der Waals surface area contributed by atoms with E-state index in [2.05, 4.69) is 4.72 Å². The molecule has 0 saturated carbocycles. The summed E-state index contributed by atoms with van der Waals surface area (Å²) in [5.41, 5.74) is -1.36. The molecule has 0 amide bonds. The second-order valence-electron chi connectivity index (χ2n) is 5.18. The van der Waals surface area contributed by atoms with Crippen molar-refractivity contribution in [2.75, 3.05) is 6.54 Å². The smallest absolute Gasteiger partial charge is 0.243 e. The Balaban J connectivity index is 2.19. The summed E-state index contributed by atoms with van der Waals surface area (Å²) in [4.78, 5) is -0.728. The fourth-order valence-corrected chi connectivity index (χ4v) is 3.11. The van der Waals surface area contributed by atoms with Crippen molar-refractivity contribution in [3.63, 3.8) is 0 Å². The Labute approximate surface area is 131 Å². The summed E-state index contributed by atoms with van der Waals surface area (Å²) in [7, 11) is -4.28. The molecule has 0 aliphatic carbocycles. The van der Waals surface area contributed by atoms with Crippen molar-refractivity contribution < 1.29 is 26.7 Å². The first kappa shape index (κ1) is 17.5. The lowest BCUT2D eigenvalue weighted by atomic mass is 9.96. The molecule has 4 nitrogen and oxygen atoms in total.